The van der Waals surface area contributed by atoms with Crippen LogP contribution in [0, 0.1) is 0 Å². The molecule has 0 aromatic carbocycles. The molecule has 1 aliphatic rings. The molecule has 1 rings (SSSR count). The minimum Gasteiger partial charge on any atom is -0.273 e. The number of quaternary nitrogens is 1. The van der Waals surface area contributed by atoms with E-state index >= 15 is 0 Å². The molecule has 1 atom stereocenters. The molecule has 10 heteroatoms. The van der Waals surface area contributed by atoms with Crippen molar-refractivity contribution in [3.8, 4) is 0 Å². The molecule has 0 radical (unpaired) electrons. The lowest BCUT2D eigenvalue weighted by molar-refractivity contribution is -0.760. The minimum atomic E-state index is -4.36. The van der Waals surface area contributed by atoms with Gasteiger partial charge in [-0.15, -0.1) is 12.7 Å². The van der Waals surface area contributed by atoms with E-state index in [2.05, 4.69) is 0 Å². The molecule has 1 heterocycles. The molecule has 0 saturated carbocycles. The fourth-order valence-corrected chi connectivity index (χ4v) is 2.40. The van der Waals surface area contributed by atoms with E-state index in [9.17, 15) is 16.8 Å². The summed E-state index contributed by atoms with van der Waals surface area (Å²) in [6, 6.07) is 0. The van der Waals surface area contributed by atoms with Gasteiger partial charge in [-0.25, -0.2) is 4.55 Å². The third kappa shape index (κ3) is 2.59. The van der Waals surface area contributed by atoms with Crippen molar-refractivity contribution in [3.63, 3.8) is 0 Å². The molecule has 1 unspecified atom stereocenters. The maximum Gasteiger partial charge on any atom is 0.432 e. The van der Waals surface area contributed by atoms with E-state index < -0.39 is 27.3 Å². The SMILES string of the molecule is O=S(=O)(O)N1CC[NH+](S(=O)(=O)O)C1. The summed E-state index contributed by atoms with van der Waals surface area (Å²) in [4.78, 5) is 0. The highest BCUT2D eigenvalue weighted by atomic mass is 32.2. The Labute approximate surface area is 75.5 Å². The van der Waals surface area contributed by atoms with Gasteiger partial charge >= 0.3 is 20.6 Å². The van der Waals surface area contributed by atoms with Gasteiger partial charge in [-0.2, -0.15) is 12.7 Å². The Morgan fingerprint density at radius 3 is 1.92 bits per heavy atom. The van der Waals surface area contributed by atoms with Crippen molar-refractivity contribution in [1.82, 2.24) is 4.31 Å². The van der Waals surface area contributed by atoms with Gasteiger partial charge in [0.1, 0.15) is 6.54 Å². The van der Waals surface area contributed by atoms with Crippen LogP contribution in [-0.2, 0) is 20.6 Å². The molecule has 0 amide bonds. The monoisotopic (exact) mass is 233 g/mol. The highest BCUT2D eigenvalue weighted by Crippen LogP contribution is 1.96. The van der Waals surface area contributed by atoms with Crippen LogP contribution >= 0.6 is 0 Å². The van der Waals surface area contributed by atoms with E-state index in [0.717, 1.165) is 0 Å². The Morgan fingerprint density at radius 1 is 1.15 bits per heavy atom. The summed E-state index contributed by atoms with van der Waals surface area (Å²) in [5, 5.41) is 0. The predicted octanol–water partition coefficient (Wildman–Crippen LogP) is -3.25. The highest BCUT2D eigenvalue weighted by Gasteiger charge is 2.37. The number of nitrogens with one attached hydrogen (secondary N) is 1. The second-order valence-corrected chi connectivity index (χ2v) is 5.51. The fourth-order valence-electron chi connectivity index (χ4n) is 1.01. The molecule has 8 nitrogen and oxygen atoms in total. The summed E-state index contributed by atoms with van der Waals surface area (Å²) in [5.74, 6) is 0. The summed E-state index contributed by atoms with van der Waals surface area (Å²) < 4.78 is 59.3. The first kappa shape index (κ1) is 10.8. The molecule has 1 fully saturated rings. The van der Waals surface area contributed by atoms with E-state index in [-0.39, 0.29) is 17.4 Å². The Balaban J connectivity index is 2.77. The van der Waals surface area contributed by atoms with Gasteiger partial charge in [0, 0.05) is 0 Å². The van der Waals surface area contributed by atoms with Crippen molar-refractivity contribution < 1.29 is 30.2 Å². The first-order chi connectivity index (χ1) is 5.71. The summed E-state index contributed by atoms with van der Waals surface area (Å²) in [6.07, 6.45) is 0. The van der Waals surface area contributed by atoms with Crippen molar-refractivity contribution in [2.45, 2.75) is 0 Å². The summed E-state index contributed by atoms with van der Waals surface area (Å²) in [7, 11) is -8.66. The van der Waals surface area contributed by atoms with Gasteiger partial charge in [-0.3, -0.25) is 4.55 Å². The van der Waals surface area contributed by atoms with Crippen LogP contribution in [0.1, 0.15) is 0 Å². The molecule has 0 aromatic heterocycles. The maximum atomic E-state index is 10.5. The number of rotatable bonds is 2. The topological polar surface area (TPSA) is 116 Å². The Bertz CT molecular complexity index is 346. The van der Waals surface area contributed by atoms with Crippen LogP contribution in [0.15, 0.2) is 0 Å². The zero-order valence-corrected chi connectivity index (χ0v) is 8.05. The average Bonchev–Trinajstić information content (AvgIpc) is 2.28. The summed E-state index contributed by atoms with van der Waals surface area (Å²) in [6.45, 7) is -0.690. The molecule has 0 aromatic rings. The van der Waals surface area contributed by atoms with Gasteiger partial charge in [0.2, 0.25) is 0 Å². The Hall–Kier alpha value is -0.260. The second kappa shape index (κ2) is 3.15. The molecular formula is C3H9N2O6S2+. The lowest BCUT2D eigenvalue weighted by Crippen LogP contribution is -3.12. The molecular weight excluding hydrogens is 224 g/mol. The van der Waals surface area contributed by atoms with Gasteiger partial charge in [0.25, 0.3) is 0 Å². The van der Waals surface area contributed by atoms with Crippen molar-refractivity contribution in [2.24, 2.45) is 0 Å². The number of nitrogens with zero attached hydrogens (tertiary/aromatic N) is 1. The van der Waals surface area contributed by atoms with Crippen LogP contribution in [0.3, 0.4) is 0 Å². The minimum absolute atomic E-state index is 0.0847. The smallest absolute Gasteiger partial charge is 0.273 e. The molecule has 0 spiro atoms. The molecule has 0 bridgehead atoms. The maximum absolute atomic E-state index is 10.5. The molecule has 0 aliphatic carbocycles. The lowest BCUT2D eigenvalue weighted by Gasteiger charge is -2.08. The zero-order chi connectivity index (χ0) is 10.3. The standard InChI is InChI=1S/C3H8N2O6S2/c6-12(7,8)4-1-2-5(3-4)13(9,10)11/h1-3H2,(H,6,7,8)(H,9,10,11)/p+1. The Morgan fingerprint density at radius 2 is 1.69 bits per heavy atom. The van der Waals surface area contributed by atoms with E-state index in [0.29, 0.717) is 4.31 Å². The third-order valence-corrected chi connectivity index (χ3v) is 3.71. The second-order valence-electron chi connectivity index (χ2n) is 2.58. The first-order valence-electron chi connectivity index (χ1n) is 3.26. The van der Waals surface area contributed by atoms with Crippen LogP contribution in [-0.4, -0.2) is 50.0 Å². The van der Waals surface area contributed by atoms with Crippen molar-refractivity contribution in [2.75, 3.05) is 19.8 Å². The molecule has 1 aliphatic heterocycles. The van der Waals surface area contributed by atoms with E-state index in [1.165, 1.54) is 0 Å². The van der Waals surface area contributed by atoms with Gasteiger partial charge in [0.15, 0.2) is 6.67 Å². The molecule has 3 N–H and O–H groups in total. The largest absolute Gasteiger partial charge is 0.432 e. The average molecular weight is 233 g/mol. The van der Waals surface area contributed by atoms with Crippen molar-refractivity contribution in [3.05, 3.63) is 0 Å². The van der Waals surface area contributed by atoms with Gasteiger partial charge in [0.05, 0.1) is 6.54 Å². The predicted molar refractivity (Wildman–Crippen MR) is 40.5 cm³/mol. The zero-order valence-electron chi connectivity index (χ0n) is 6.41. The normalized spacial score (nSPS) is 26.5. The molecule has 1 saturated heterocycles. The van der Waals surface area contributed by atoms with Gasteiger partial charge in [-0.1, -0.05) is 0 Å². The fraction of sp³-hybridized carbons (Fsp3) is 1.00. The van der Waals surface area contributed by atoms with Crippen LogP contribution in [0.4, 0.5) is 0 Å². The van der Waals surface area contributed by atoms with E-state index in [1.54, 1.807) is 0 Å². The van der Waals surface area contributed by atoms with E-state index in [4.69, 9.17) is 9.11 Å². The summed E-state index contributed by atoms with van der Waals surface area (Å²) >= 11 is 0. The summed E-state index contributed by atoms with van der Waals surface area (Å²) in [5.41, 5.74) is 0. The lowest BCUT2D eigenvalue weighted by atomic mass is 10.7. The van der Waals surface area contributed by atoms with E-state index in [1.807, 2.05) is 0 Å². The Kier molecular flexibility index (Phi) is 2.62. The van der Waals surface area contributed by atoms with Crippen LogP contribution < -0.4 is 4.31 Å². The van der Waals surface area contributed by atoms with Gasteiger partial charge in [-0.05, 0) is 0 Å². The quantitative estimate of drug-likeness (QED) is 0.431. The van der Waals surface area contributed by atoms with Crippen LogP contribution in [0.2, 0.25) is 0 Å². The van der Waals surface area contributed by atoms with Gasteiger partial charge < -0.3 is 0 Å². The third-order valence-electron chi connectivity index (χ3n) is 1.68. The molecule has 13 heavy (non-hydrogen) atoms. The first-order valence-corrected chi connectivity index (χ1v) is 6.10. The van der Waals surface area contributed by atoms with Crippen LogP contribution in [0.5, 0.6) is 0 Å². The van der Waals surface area contributed by atoms with Crippen molar-refractivity contribution >= 4 is 20.6 Å². The van der Waals surface area contributed by atoms with Crippen molar-refractivity contribution in [1.29, 1.82) is 0 Å². The number of hydrogen-bond donors (Lipinski definition) is 3. The molecule has 78 valence electrons. The highest BCUT2D eigenvalue weighted by molar-refractivity contribution is 7.83. The van der Waals surface area contributed by atoms with Crippen LogP contribution in [0.25, 0.3) is 0 Å². The number of hydrogen-bond acceptors (Lipinski definition) is 4.